The van der Waals surface area contributed by atoms with Crippen LogP contribution in [0.2, 0.25) is 0 Å². The lowest BCUT2D eigenvalue weighted by Crippen LogP contribution is -2.35. The number of likely N-dealkylation sites (N-methyl/N-ethyl adjacent to an activating group) is 1. The Morgan fingerprint density at radius 3 is 2.57 bits per heavy atom. The second-order valence-electron chi connectivity index (χ2n) is 5.52. The lowest BCUT2D eigenvalue weighted by Gasteiger charge is -2.19. The van der Waals surface area contributed by atoms with Crippen LogP contribution in [-0.2, 0) is 12.8 Å². The van der Waals surface area contributed by atoms with Crippen molar-refractivity contribution in [1.82, 2.24) is 15.5 Å². The smallest absolute Gasteiger partial charge is 0.228 e. The molecule has 2 rings (SSSR count). The summed E-state index contributed by atoms with van der Waals surface area (Å²) in [6, 6.07) is 8.55. The molecule has 1 heterocycles. The van der Waals surface area contributed by atoms with E-state index < -0.39 is 0 Å². The Balaban J connectivity index is 1.99. The number of hydrogen-bond acceptors (Lipinski definition) is 4. The fraction of sp³-hybridized carbons (Fsp3) is 0.500. The van der Waals surface area contributed by atoms with Crippen molar-refractivity contribution < 1.29 is 4.52 Å². The highest BCUT2D eigenvalue weighted by molar-refractivity contribution is 9.10. The molecule has 0 aliphatic rings. The van der Waals surface area contributed by atoms with Gasteiger partial charge >= 0.3 is 0 Å². The average molecular weight is 352 g/mol. The molecular formula is C16H22BrN3O. The number of halogens is 1. The molecule has 0 aliphatic carbocycles. The zero-order chi connectivity index (χ0) is 15.2. The van der Waals surface area contributed by atoms with Crippen molar-refractivity contribution in [1.29, 1.82) is 0 Å². The van der Waals surface area contributed by atoms with Gasteiger partial charge in [-0.25, -0.2) is 0 Å². The van der Waals surface area contributed by atoms with E-state index in [0.717, 1.165) is 23.3 Å². The minimum Gasteiger partial charge on any atom is -0.339 e. The van der Waals surface area contributed by atoms with Crippen molar-refractivity contribution in [2.75, 3.05) is 6.54 Å². The molecule has 0 bridgehead atoms. The highest BCUT2D eigenvalue weighted by Gasteiger charge is 2.17. The van der Waals surface area contributed by atoms with Gasteiger partial charge in [-0.15, -0.1) is 0 Å². The maximum absolute atomic E-state index is 5.38. The molecule has 5 heteroatoms. The van der Waals surface area contributed by atoms with E-state index in [2.05, 4.69) is 64.3 Å². The summed E-state index contributed by atoms with van der Waals surface area (Å²) in [4.78, 5) is 4.50. The van der Waals surface area contributed by atoms with Crippen molar-refractivity contribution in [2.45, 2.75) is 39.7 Å². The SMILES string of the molecule is CCNC(Cc1nc(Cc2ccc(Br)cc2)no1)C(C)C. The van der Waals surface area contributed by atoms with Crippen molar-refractivity contribution in [2.24, 2.45) is 5.92 Å². The van der Waals surface area contributed by atoms with Crippen molar-refractivity contribution in [3.63, 3.8) is 0 Å². The van der Waals surface area contributed by atoms with Gasteiger partial charge in [0.05, 0.1) is 0 Å². The van der Waals surface area contributed by atoms with Gasteiger partial charge in [0.25, 0.3) is 0 Å². The molecule has 2 aromatic rings. The minimum atomic E-state index is 0.371. The van der Waals surface area contributed by atoms with Gasteiger partial charge in [0.2, 0.25) is 5.89 Å². The first-order valence-corrected chi connectivity index (χ1v) is 8.17. The molecule has 1 aromatic carbocycles. The summed E-state index contributed by atoms with van der Waals surface area (Å²) in [5.41, 5.74) is 1.18. The average Bonchev–Trinajstić information content (AvgIpc) is 2.88. The number of hydrogen-bond donors (Lipinski definition) is 1. The number of nitrogens with one attached hydrogen (secondary N) is 1. The summed E-state index contributed by atoms with van der Waals surface area (Å²) in [5, 5.41) is 7.54. The lowest BCUT2D eigenvalue weighted by atomic mass is 10.0. The molecule has 1 atom stereocenters. The van der Waals surface area contributed by atoms with Crippen LogP contribution in [0.15, 0.2) is 33.3 Å². The number of aromatic nitrogens is 2. The van der Waals surface area contributed by atoms with Gasteiger partial charge in [0, 0.05) is 23.4 Å². The van der Waals surface area contributed by atoms with E-state index in [1.165, 1.54) is 5.56 Å². The summed E-state index contributed by atoms with van der Waals surface area (Å²) in [7, 11) is 0. The van der Waals surface area contributed by atoms with Crippen LogP contribution in [0.1, 0.15) is 38.0 Å². The van der Waals surface area contributed by atoms with E-state index in [9.17, 15) is 0 Å². The summed E-state index contributed by atoms with van der Waals surface area (Å²) in [6.45, 7) is 7.46. The monoisotopic (exact) mass is 351 g/mol. The summed E-state index contributed by atoms with van der Waals surface area (Å²) in [5.74, 6) is 1.99. The molecular weight excluding hydrogens is 330 g/mol. The number of rotatable bonds is 7. The standard InChI is InChI=1S/C16H22BrN3O/c1-4-18-14(11(2)3)10-16-19-15(20-21-16)9-12-5-7-13(17)8-6-12/h5-8,11,14,18H,4,9-10H2,1-3H3. The highest BCUT2D eigenvalue weighted by atomic mass is 79.9. The highest BCUT2D eigenvalue weighted by Crippen LogP contribution is 2.14. The molecule has 0 spiro atoms. The van der Waals surface area contributed by atoms with Gasteiger partial charge < -0.3 is 9.84 Å². The number of benzene rings is 1. The van der Waals surface area contributed by atoms with Gasteiger partial charge in [0.15, 0.2) is 5.82 Å². The third-order valence-electron chi connectivity index (χ3n) is 3.45. The van der Waals surface area contributed by atoms with Crippen LogP contribution in [-0.4, -0.2) is 22.7 Å². The lowest BCUT2D eigenvalue weighted by molar-refractivity contribution is 0.327. The van der Waals surface area contributed by atoms with Gasteiger partial charge in [0.1, 0.15) is 0 Å². The molecule has 0 radical (unpaired) electrons. The van der Waals surface area contributed by atoms with Gasteiger partial charge in [-0.05, 0) is 30.2 Å². The first-order valence-electron chi connectivity index (χ1n) is 7.37. The van der Waals surface area contributed by atoms with Crippen LogP contribution >= 0.6 is 15.9 Å². The molecule has 0 saturated carbocycles. The van der Waals surface area contributed by atoms with Crippen molar-refractivity contribution in [3.05, 3.63) is 46.0 Å². The molecule has 0 aliphatic heterocycles. The Morgan fingerprint density at radius 2 is 1.95 bits per heavy atom. The van der Waals surface area contributed by atoms with Crippen molar-refractivity contribution >= 4 is 15.9 Å². The van der Waals surface area contributed by atoms with Gasteiger partial charge in [-0.3, -0.25) is 0 Å². The van der Waals surface area contributed by atoms with E-state index in [0.29, 0.717) is 24.3 Å². The molecule has 1 unspecified atom stereocenters. The third kappa shape index (κ3) is 4.93. The van der Waals surface area contributed by atoms with Crippen molar-refractivity contribution in [3.8, 4) is 0 Å². The fourth-order valence-corrected chi connectivity index (χ4v) is 2.49. The fourth-order valence-electron chi connectivity index (χ4n) is 2.22. The third-order valence-corrected chi connectivity index (χ3v) is 3.98. The van der Waals surface area contributed by atoms with E-state index in [4.69, 9.17) is 4.52 Å². The van der Waals surface area contributed by atoms with E-state index in [1.54, 1.807) is 0 Å². The first-order chi connectivity index (χ1) is 10.1. The van der Waals surface area contributed by atoms with Gasteiger partial charge in [-0.2, -0.15) is 4.98 Å². The molecule has 1 aromatic heterocycles. The van der Waals surface area contributed by atoms with Crippen LogP contribution < -0.4 is 5.32 Å². The normalized spacial score (nSPS) is 12.8. The number of nitrogens with zero attached hydrogens (tertiary/aromatic N) is 2. The molecule has 0 saturated heterocycles. The molecule has 0 amide bonds. The maximum Gasteiger partial charge on any atom is 0.228 e. The van der Waals surface area contributed by atoms with E-state index in [1.807, 2.05) is 12.1 Å². The molecule has 1 N–H and O–H groups in total. The van der Waals surface area contributed by atoms with Crippen LogP contribution in [0.4, 0.5) is 0 Å². The van der Waals surface area contributed by atoms with Gasteiger partial charge in [-0.1, -0.05) is 54.0 Å². The topological polar surface area (TPSA) is 51.0 Å². The Bertz CT molecular complexity index is 551. The second kappa shape index (κ2) is 7.71. The minimum absolute atomic E-state index is 0.371. The summed E-state index contributed by atoms with van der Waals surface area (Å²) < 4.78 is 6.45. The van der Waals surface area contributed by atoms with Crippen LogP contribution in [0.5, 0.6) is 0 Å². The molecule has 4 nitrogen and oxygen atoms in total. The quantitative estimate of drug-likeness (QED) is 0.827. The summed E-state index contributed by atoms with van der Waals surface area (Å²) in [6.07, 6.45) is 1.48. The van der Waals surface area contributed by atoms with E-state index >= 15 is 0 Å². The molecule has 114 valence electrons. The Kier molecular flexibility index (Phi) is 5.94. The van der Waals surface area contributed by atoms with Crippen LogP contribution in [0, 0.1) is 5.92 Å². The zero-order valence-corrected chi connectivity index (χ0v) is 14.4. The van der Waals surface area contributed by atoms with E-state index in [-0.39, 0.29) is 0 Å². The van der Waals surface area contributed by atoms with Crippen LogP contribution in [0.3, 0.4) is 0 Å². The largest absolute Gasteiger partial charge is 0.339 e. The predicted octanol–water partition coefficient (Wildman–Crippen LogP) is 3.60. The Labute approximate surface area is 134 Å². The predicted molar refractivity (Wildman–Crippen MR) is 87.3 cm³/mol. The maximum atomic E-state index is 5.38. The molecule has 21 heavy (non-hydrogen) atoms. The van der Waals surface area contributed by atoms with Crippen LogP contribution in [0.25, 0.3) is 0 Å². The zero-order valence-electron chi connectivity index (χ0n) is 12.8. The Morgan fingerprint density at radius 1 is 1.24 bits per heavy atom. The summed E-state index contributed by atoms with van der Waals surface area (Å²) >= 11 is 3.43. The second-order valence-corrected chi connectivity index (χ2v) is 6.44. The Hall–Kier alpha value is -1.20. The molecule has 0 fully saturated rings. The first kappa shape index (κ1) is 16.2.